The maximum Gasteiger partial charge on any atom is 0.317 e. The van der Waals surface area contributed by atoms with E-state index in [2.05, 4.69) is 35.4 Å². The Hall–Kier alpha value is -2.05. The number of nitrogens with one attached hydrogen (secondary N) is 1. The number of thioether (sulfide) groups is 1. The first kappa shape index (κ1) is 20.7. The van der Waals surface area contributed by atoms with E-state index >= 15 is 0 Å². The SMILES string of the molecule is CCCCCCC(Sc1nc2ccc(NCc3ccccc3)cc2s1)C(=O)O. The molecule has 0 saturated heterocycles. The number of nitrogens with zero attached hydrogens (tertiary/aromatic N) is 1. The summed E-state index contributed by atoms with van der Waals surface area (Å²) >= 11 is 2.96. The van der Waals surface area contributed by atoms with Crippen molar-refractivity contribution in [2.45, 2.75) is 55.2 Å². The van der Waals surface area contributed by atoms with E-state index in [0.717, 1.165) is 52.5 Å². The van der Waals surface area contributed by atoms with Crippen LogP contribution >= 0.6 is 23.1 Å². The van der Waals surface area contributed by atoms with Crippen LogP contribution in [0, 0.1) is 0 Å². The molecule has 0 aliphatic carbocycles. The highest BCUT2D eigenvalue weighted by atomic mass is 32.2. The molecule has 4 nitrogen and oxygen atoms in total. The second-order valence-corrected chi connectivity index (χ2v) is 9.28. The number of benzene rings is 2. The van der Waals surface area contributed by atoms with Crippen molar-refractivity contribution in [1.82, 2.24) is 4.98 Å². The van der Waals surface area contributed by atoms with Gasteiger partial charge in [-0.15, -0.1) is 11.3 Å². The van der Waals surface area contributed by atoms with Crippen LogP contribution < -0.4 is 5.32 Å². The Balaban J connectivity index is 1.63. The first-order valence-electron chi connectivity index (χ1n) is 9.73. The Morgan fingerprint density at radius 3 is 2.75 bits per heavy atom. The Morgan fingerprint density at radius 1 is 1.18 bits per heavy atom. The summed E-state index contributed by atoms with van der Waals surface area (Å²) < 4.78 is 1.91. The summed E-state index contributed by atoms with van der Waals surface area (Å²) in [5, 5.41) is 12.6. The quantitative estimate of drug-likeness (QED) is 0.280. The smallest absolute Gasteiger partial charge is 0.317 e. The van der Waals surface area contributed by atoms with Gasteiger partial charge in [0.05, 0.1) is 10.2 Å². The number of aliphatic carboxylic acids is 1. The molecule has 2 N–H and O–H groups in total. The first-order chi connectivity index (χ1) is 13.7. The molecule has 0 aliphatic heterocycles. The highest BCUT2D eigenvalue weighted by molar-refractivity contribution is 8.02. The molecule has 2 aromatic carbocycles. The van der Waals surface area contributed by atoms with Crippen molar-refractivity contribution in [3.63, 3.8) is 0 Å². The Morgan fingerprint density at radius 2 is 2.00 bits per heavy atom. The molecule has 0 spiro atoms. The zero-order chi connectivity index (χ0) is 19.8. The molecule has 6 heteroatoms. The number of fused-ring (bicyclic) bond motifs is 1. The van der Waals surface area contributed by atoms with E-state index in [0.29, 0.717) is 6.42 Å². The molecule has 0 bridgehead atoms. The van der Waals surface area contributed by atoms with Crippen molar-refractivity contribution in [3.8, 4) is 0 Å². The van der Waals surface area contributed by atoms with Gasteiger partial charge >= 0.3 is 5.97 Å². The number of anilines is 1. The second-order valence-electron chi connectivity index (χ2n) is 6.80. The average molecular weight is 415 g/mol. The van der Waals surface area contributed by atoms with Gasteiger partial charge in [0.2, 0.25) is 0 Å². The normalized spacial score (nSPS) is 12.2. The summed E-state index contributed by atoms with van der Waals surface area (Å²) in [6, 6.07) is 16.4. The van der Waals surface area contributed by atoms with E-state index in [-0.39, 0.29) is 0 Å². The molecule has 148 valence electrons. The lowest BCUT2D eigenvalue weighted by Gasteiger charge is -2.09. The molecule has 0 fully saturated rings. The molecule has 3 rings (SSSR count). The standard InChI is InChI=1S/C22H26N2O2S2/c1-2-3-4-8-11-19(21(25)26)27-22-24-18-13-12-17(14-20(18)28-22)23-15-16-9-6-5-7-10-16/h5-7,9-10,12-14,19,23H,2-4,8,11,15H2,1H3,(H,25,26). The van der Waals surface area contributed by atoms with Crippen molar-refractivity contribution in [2.75, 3.05) is 5.32 Å². The number of carbonyl (C=O) groups is 1. The summed E-state index contributed by atoms with van der Waals surface area (Å²) in [5.41, 5.74) is 3.20. The number of carboxylic acid groups (broad SMARTS) is 1. The minimum Gasteiger partial charge on any atom is -0.480 e. The molecule has 1 atom stereocenters. The Bertz CT molecular complexity index is 896. The highest BCUT2D eigenvalue weighted by Gasteiger charge is 2.20. The van der Waals surface area contributed by atoms with E-state index < -0.39 is 11.2 Å². The van der Waals surface area contributed by atoms with Crippen LogP contribution in [0.4, 0.5) is 5.69 Å². The topological polar surface area (TPSA) is 62.2 Å². The van der Waals surface area contributed by atoms with Crippen molar-refractivity contribution in [3.05, 3.63) is 54.1 Å². The fraction of sp³-hybridized carbons (Fsp3) is 0.364. The van der Waals surface area contributed by atoms with Crippen LogP contribution in [0.3, 0.4) is 0 Å². The van der Waals surface area contributed by atoms with E-state index in [1.807, 2.05) is 30.3 Å². The molecular weight excluding hydrogens is 388 g/mol. The van der Waals surface area contributed by atoms with Crippen LogP contribution in [0.2, 0.25) is 0 Å². The van der Waals surface area contributed by atoms with E-state index in [4.69, 9.17) is 0 Å². The minimum absolute atomic E-state index is 0.423. The number of hydrogen-bond donors (Lipinski definition) is 2. The number of carboxylic acids is 1. The van der Waals surface area contributed by atoms with Gasteiger partial charge < -0.3 is 10.4 Å². The molecule has 0 aliphatic rings. The molecule has 1 aromatic heterocycles. The zero-order valence-electron chi connectivity index (χ0n) is 16.1. The van der Waals surface area contributed by atoms with Gasteiger partial charge in [0.25, 0.3) is 0 Å². The van der Waals surface area contributed by atoms with Crippen LogP contribution in [-0.4, -0.2) is 21.3 Å². The maximum atomic E-state index is 11.6. The van der Waals surface area contributed by atoms with Crippen molar-refractivity contribution in [1.29, 1.82) is 0 Å². The molecular formula is C22H26N2O2S2. The monoisotopic (exact) mass is 414 g/mol. The van der Waals surface area contributed by atoms with Gasteiger partial charge in [0, 0.05) is 12.2 Å². The largest absolute Gasteiger partial charge is 0.480 e. The van der Waals surface area contributed by atoms with Gasteiger partial charge in [-0.2, -0.15) is 0 Å². The third-order valence-corrected chi connectivity index (χ3v) is 6.91. The number of unbranched alkanes of at least 4 members (excludes halogenated alkanes) is 3. The fourth-order valence-corrected chi connectivity index (χ4v) is 5.30. The van der Waals surface area contributed by atoms with E-state index in [9.17, 15) is 9.90 Å². The van der Waals surface area contributed by atoms with Crippen LogP contribution in [0.25, 0.3) is 10.2 Å². The van der Waals surface area contributed by atoms with Crippen LogP contribution in [0.15, 0.2) is 52.9 Å². The van der Waals surface area contributed by atoms with Crippen molar-refractivity contribution < 1.29 is 9.90 Å². The average Bonchev–Trinajstić information content (AvgIpc) is 3.11. The lowest BCUT2D eigenvalue weighted by atomic mass is 10.1. The summed E-state index contributed by atoms with van der Waals surface area (Å²) in [7, 11) is 0. The van der Waals surface area contributed by atoms with Gasteiger partial charge in [0.1, 0.15) is 5.25 Å². The van der Waals surface area contributed by atoms with Crippen LogP contribution in [0.1, 0.15) is 44.6 Å². The molecule has 1 heterocycles. The number of thiazole rings is 1. The molecule has 0 radical (unpaired) electrons. The third-order valence-electron chi connectivity index (χ3n) is 4.55. The van der Waals surface area contributed by atoms with Gasteiger partial charge in [-0.25, -0.2) is 4.98 Å². The van der Waals surface area contributed by atoms with Gasteiger partial charge in [-0.05, 0) is 30.2 Å². The van der Waals surface area contributed by atoms with Gasteiger partial charge in [-0.1, -0.05) is 74.7 Å². The second kappa shape index (κ2) is 10.5. The molecule has 3 aromatic rings. The summed E-state index contributed by atoms with van der Waals surface area (Å²) in [6.45, 7) is 2.93. The van der Waals surface area contributed by atoms with Gasteiger partial charge in [-0.3, -0.25) is 4.79 Å². The number of hydrogen-bond acceptors (Lipinski definition) is 5. The fourth-order valence-electron chi connectivity index (χ4n) is 2.97. The Labute approximate surface area is 174 Å². The lowest BCUT2D eigenvalue weighted by Crippen LogP contribution is -2.15. The van der Waals surface area contributed by atoms with E-state index in [1.54, 1.807) is 11.3 Å². The zero-order valence-corrected chi connectivity index (χ0v) is 17.7. The van der Waals surface area contributed by atoms with Crippen LogP contribution in [-0.2, 0) is 11.3 Å². The summed E-state index contributed by atoms with van der Waals surface area (Å²) in [5.74, 6) is -0.744. The number of aromatic nitrogens is 1. The van der Waals surface area contributed by atoms with E-state index in [1.165, 1.54) is 17.3 Å². The lowest BCUT2D eigenvalue weighted by molar-refractivity contribution is -0.136. The maximum absolute atomic E-state index is 11.6. The van der Waals surface area contributed by atoms with Gasteiger partial charge in [0.15, 0.2) is 4.34 Å². The predicted octanol–water partition coefficient (Wildman–Crippen LogP) is 6.42. The molecule has 1 unspecified atom stereocenters. The molecule has 0 saturated carbocycles. The molecule has 0 amide bonds. The predicted molar refractivity (Wildman–Crippen MR) is 119 cm³/mol. The summed E-state index contributed by atoms with van der Waals surface area (Å²) in [6.07, 6.45) is 5.06. The highest BCUT2D eigenvalue weighted by Crippen LogP contribution is 2.35. The Kier molecular flexibility index (Phi) is 7.74. The first-order valence-corrected chi connectivity index (χ1v) is 11.4. The third kappa shape index (κ3) is 5.97. The summed E-state index contributed by atoms with van der Waals surface area (Å²) in [4.78, 5) is 16.2. The molecule has 28 heavy (non-hydrogen) atoms. The minimum atomic E-state index is -0.744. The van der Waals surface area contributed by atoms with Crippen molar-refractivity contribution >= 4 is 45.0 Å². The number of rotatable bonds is 11. The van der Waals surface area contributed by atoms with Crippen molar-refractivity contribution in [2.24, 2.45) is 0 Å². The van der Waals surface area contributed by atoms with Crippen LogP contribution in [0.5, 0.6) is 0 Å².